The molecule has 5 heteroatoms. The number of carbonyl (C=O) groups is 2. The minimum Gasteiger partial charge on any atom is -0.481 e. The van der Waals surface area contributed by atoms with Crippen LogP contribution < -0.4 is 0 Å². The van der Waals surface area contributed by atoms with Crippen LogP contribution in [0.25, 0.3) is 11.1 Å². The summed E-state index contributed by atoms with van der Waals surface area (Å²) in [4.78, 5) is 22.1. The summed E-state index contributed by atoms with van der Waals surface area (Å²) in [6.07, 6.45) is -0.902. The van der Waals surface area contributed by atoms with Crippen LogP contribution in [0.4, 0.5) is 0 Å². The van der Waals surface area contributed by atoms with Gasteiger partial charge in [-0.25, -0.2) is 4.79 Å². The minimum atomic E-state index is -2.45. The lowest BCUT2D eigenvalue weighted by Crippen LogP contribution is -2.37. The quantitative estimate of drug-likeness (QED) is 0.782. The Bertz CT molecular complexity index is 665. The van der Waals surface area contributed by atoms with Crippen LogP contribution in [0, 0.1) is 0 Å². The number of carboxylic acid groups (broad SMARTS) is 2. The van der Waals surface area contributed by atoms with E-state index in [1.54, 1.807) is 12.1 Å². The number of hydrogen-bond donors (Lipinski definition) is 3. The van der Waals surface area contributed by atoms with Crippen LogP contribution in [0.5, 0.6) is 0 Å². The van der Waals surface area contributed by atoms with E-state index in [1.165, 1.54) is 12.1 Å². The van der Waals surface area contributed by atoms with Gasteiger partial charge in [0.25, 0.3) is 0 Å². The molecule has 0 bridgehead atoms. The number of benzene rings is 2. The van der Waals surface area contributed by atoms with Gasteiger partial charge < -0.3 is 15.3 Å². The van der Waals surface area contributed by atoms with Gasteiger partial charge in [-0.1, -0.05) is 48.5 Å². The number of hydrogen-bond acceptors (Lipinski definition) is 3. The molecule has 0 aliphatic heterocycles. The summed E-state index contributed by atoms with van der Waals surface area (Å²) in [5.74, 6) is -2.97. The van der Waals surface area contributed by atoms with E-state index >= 15 is 0 Å². The largest absolute Gasteiger partial charge is 0.481 e. The molecule has 3 N–H and O–H groups in total. The van der Waals surface area contributed by atoms with Crippen molar-refractivity contribution >= 4 is 11.9 Å². The Morgan fingerprint density at radius 2 is 1.52 bits per heavy atom. The molecule has 0 aliphatic carbocycles. The van der Waals surface area contributed by atoms with E-state index in [4.69, 9.17) is 5.11 Å². The number of rotatable bonds is 5. The molecule has 0 fully saturated rings. The lowest BCUT2D eigenvalue weighted by molar-refractivity contribution is -0.166. The smallest absolute Gasteiger partial charge is 0.341 e. The van der Waals surface area contributed by atoms with Crippen LogP contribution in [-0.4, -0.2) is 27.3 Å². The Morgan fingerprint density at radius 3 is 2.10 bits per heavy atom. The third kappa shape index (κ3) is 3.09. The maximum absolute atomic E-state index is 11.3. The van der Waals surface area contributed by atoms with E-state index in [1.807, 2.05) is 30.3 Å². The van der Waals surface area contributed by atoms with Gasteiger partial charge in [-0.15, -0.1) is 0 Å². The van der Waals surface area contributed by atoms with Crippen molar-refractivity contribution in [2.45, 2.75) is 12.0 Å². The molecule has 0 heterocycles. The Morgan fingerprint density at radius 1 is 0.905 bits per heavy atom. The van der Waals surface area contributed by atoms with Crippen LogP contribution >= 0.6 is 0 Å². The van der Waals surface area contributed by atoms with Crippen molar-refractivity contribution in [2.75, 3.05) is 0 Å². The van der Waals surface area contributed by atoms with E-state index < -0.39 is 24.0 Å². The molecule has 1 unspecified atom stereocenters. The van der Waals surface area contributed by atoms with Gasteiger partial charge in [0, 0.05) is 0 Å². The van der Waals surface area contributed by atoms with Crippen molar-refractivity contribution in [3.05, 3.63) is 60.2 Å². The first kappa shape index (κ1) is 14.7. The maximum atomic E-state index is 11.3. The predicted molar refractivity (Wildman–Crippen MR) is 75.7 cm³/mol. The zero-order chi connectivity index (χ0) is 15.5. The summed E-state index contributed by atoms with van der Waals surface area (Å²) in [5, 5.41) is 28.2. The molecule has 2 aromatic rings. The lowest BCUT2D eigenvalue weighted by Gasteiger charge is -2.22. The maximum Gasteiger partial charge on any atom is 0.341 e. The van der Waals surface area contributed by atoms with Crippen LogP contribution in [0.2, 0.25) is 0 Å². The Hall–Kier alpha value is -2.66. The molecule has 0 aliphatic rings. The van der Waals surface area contributed by atoms with Gasteiger partial charge in [0.1, 0.15) is 0 Å². The average molecular weight is 286 g/mol. The third-order valence-corrected chi connectivity index (χ3v) is 3.21. The highest BCUT2D eigenvalue weighted by Gasteiger charge is 2.40. The zero-order valence-electron chi connectivity index (χ0n) is 11.1. The molecule has 0 amide bonds. The van der Waals surface area contributed by atoms with E-state index in [9.17, 15) is 19.8 Å². The van der Waals surface area contributed by atoms with Gasteiger partial charge in [-0.05, 0) is 22.8 Å². The van der Waals surface area contributed by atoms with Gasteiger partial charge in [0.2, 0.25) is 0 Å². The van der Waals surface area contributed by atoms with E-state index in [0.717, 1.165) is 5.56 Å². The van der Waals surface area contributed by atoms with Gasteiger partial charge in [-0.3, -0.25) is 4.79 Å². The monoisotopic (exact) mass is 286 g/mol. The van der Waals surface area contributed by atoms with Crippen molar-refractivity contribution in [1.29, 1.82) is 0 Å². The van der Waals surface area contributed by atoms with Crippen LogP contribution in [0.1, 0.15) is 12.0 Å². The first-order valence-electron chi connectivity index (χ1n) is 6.27. The fraction of sp³-hybridized carbons (Fsp3) is 0.125. The number of aliphatic hydroxyl groups is 1. The van der Waals surface area contributed by atoms with Crippen LogP contribution in [0.15, 0.2) is 54.6 Å². The molecule has 2 aromatic carbocycles. The van der Waals surface area contributed by atoms with Crippen LogP contribution in [0.3, 0.4) is 0 Å². The number of aliphatic carboxylic acids is 2. The van der Waals surface area contributed by atoms with Crippen LogP contribution in [-0.2, 0) is 15.2 Å². The fourth-order valence-electron chi connectivity index (χ4n) is 2.11. The molecule has 21 heavy (non-hydrogen) atoms. The van der Waals surface area contributed by atoms with Gasteiger partial charge in [-0.2, -0.15) is 0 Å². The second-order valence-electron chi connectivity index (χ2n) is 4.68. The summed E-state index contributed by atoms with van der Waals surface area (Å²) in [7, 11) is 0. The van der Waals surface area contributed by atoms with Crippen molar-refractivity contribution in [1.82, 2.24) is 0 Å². The summed E-state index contributed by atoms with van der Waals surface area (Å²) in [6.45, 7) is 0. The second-order valence-corrected chi connectivity index (χ2v) is 4.68. The first-order chi connectivity index (χ1) is 9.93. The normalized spacial score (nSPS) is 13.4. The highest BCUT2D eigenvalue weighted by molar-refractivity contribution is 5.85. The zero-order valence-corrected chi connectivity index (χ0v) is 11.1. The van der Waals surface area contributed by atoms with E-state index in [0.29, 0.717) is 5.56 Å². The average Bonchev–Trinajstić information content (AvgIpc) is 2.47. The standard InChI is InChI=1S/C16H14O5/c17-14(18)10-16(21,15(19)20)13-8-4-7-12(9-13)11-5-2-1-3-6-11/h1-9,21H,10H2,(H,17,18)(H,19,20). The fourth-order valence-corrected chi connectivity index (χ4v) is 2.11. The highest BCUT2D eigenvalue weighted by Crippen LogP contribution is 2.29. The van der Waals surface area contributed by atoms with Gasteiger partial charge in [0.15, 0.2) is 5.60 Å². The van der Waals surface area contributed by atoms with Crippen molar-refractivity contribution < 1.29 is 24.9 Å². The Kier molecular flexibility index (Phi) is 4.05. The molecular weight excluding hydrogens is 272 g/mol. The van der Waals surface area contributed by atoms with E-state index in [2.05, 4.69) is 0 Å². The Balaban J connectivity index is 2.48. The van der Waals surface area contributed by atoms with Crippen molar-refractivity contribution in [3.8, 4) is 11.1 Å². The molecule has 0 saturated heterocycles. The third-order valence-electron chi connectivity index (χ3n) is 3.21. The Labute approximate surface area is 121 Å². The van der Waals surface area contributed by atoms with Crippen molar-refractivity contribution in [2.24, 2.45) is 0 Å². The molecule has 0 radical (unpaired) electrons. The molecular formula is C16H14O5. The second kappa shape index (κ2) is 5.76. The minimum absolute atomic E-state index is 0.0405. The van der Waals surface area contributed by atoms with Crippen molar-refractivity contribution in [3.63, 3.8) is 0 Å². The molecule has 2 rings (SSSR count). The van der Waals surface area contributed by atoms with E-state index in [-0.39, 0.29) is 5.56 Å². The summed E-state index contributed by atoms with van der Waals surface area (Å²) < 4.78 is 0. The highest BCUT2D eigenvalue weighted by atomic mass is 16.4. The number of carboxylic acids is 2. The SMILES string of the molecule is O=C(O)CC(O)(C(=O)O)c1cccc(-c2ccccc2)c1. The summed E-state index contributed by atoms with van der Waals surface area (Å²) >= 11 is 0. The molecule has 0 aromatic heterocycles. The summed E-state index contributed by atoms with van der Waals surface area (Å²) in [6, 6.07) is 15.5. The van der Waals surface area contributed by atoms with Gasteiger partial charge >= 0.3 is 11.9 Å². The molecule has 1 atom stereocenters. The molecule has 108 valence electrons. The topological polar surface area (TPSA) is 94.8 Å². The first-order valence-corrected chi connectivity index (χ1v) is 6.27. The lowest BCUT2D eigenvalue weighted by atomic mass is 9.88. The van der Waals surface area contributed by atoms with Gasteiger partial charge in [0.05, 0.1) is 6.42 Å². The summed E-state index contributed by atoms with van der Waals surface area (Å²) in [5.41, 5.74) is -0.851. The molecule has 0 spiro atoms. The molecule has 5 nitrogen and oxygen atoms in total. The molecule has 0 saturated carbocycles. The predicted octanol–water partition coefficient (Wildman–Crippen LogP) is 2.10.